The van der Waals surface area contributed by atoms with Crippen LogP contribution in [0.5, 0.6) is 0 Å². The molecule has 0 aromatic heterocycles. The van der Waals surface area contributed by atoms with Gasteiger partial charge in [-0.1, -0.05) is 53.5 Å². The van der Waals surface area contributed by atoms with Crippen molar-refractivity contribution in [2.24, 2.45) is 5.16 Å². The highest BCUT2D eigenvalue weighted by atomic mass is 16.6. The van der Waals surface area contributed by atoms with Crippen LogP contribution in [0.3, 0.4) is 0 Å². The second kappa shape index (κ2) is 10.4. The Hall–Kier alpha value is -3.59. The molecule has 27 heavy (non-hydrogen) atoms. The van der Waals surface area contributed by atoms with Crippen LogP contribution in [-0.4, -0.2) is 31.5 Å². The molecular weight excluding hydrogens is 342 g/mol. The molecule has 2 aromatic rings. The highest BCUT2D eigenvalue weighted by Gasteiger charge is 2.17. The SMILES string of the molecule is CNC(=O)/C(=N/OC)c1ccccc1CO/[NH+]=C(\C)C#Cc1ccccc1. The largest absolute Gasteiger partial charge is 0.398 e. The highest BCUT2D eigenvalue weighted by molar-refractivity contribution is 6.45. The molecule has 0 aliphatic carbocycles. The molecule has 0 bridgehead atoms. The summed E-state index contributed by atoms with van der Waals surface area (Å²) in [6.07, 6.45) is 0. The summed E-state index contributed by atoms with van der Waals surface area (Å²) in [5.41, 5.74) is 3.20. The van der Waals surface area contributed by atoms with Crippen LogP contribution in [0, 0.1) is 11.8 Å². The van der Waals surface area contributed by atoms with E-state index in [1.807, 2.05) is 55.5 Å². The van der Waals surface area contributed by atoms with Crippen molar-refractivity contribution in [3.63, 3.8) is 0 Å². The summed E-state index contributed by atoms with van der Waals surface area (Å²) < 4.78 is 0. The Morgan fingerprint density at radius 3 is 2.56 bits per heavy atom. The van der Waals surface area contributed by atoms with Gasteiger partial charge in [0.1, 0.15) is 7.11 Å². The lowest BCUT2D eigenvalue weighted by molar-refractivity contribution is -0.758. The maximum absolute atomic E-state index is 12.1. The molecule has 0 fully saturated rings. The molecule has 0 unspecified atom stereocenters. The lowest BCUT2D eigenvalue weighted by atomic mass is 10.0. The number of rotatable bonds is 6. The van der Waals surface area contributed by atoms with E-state index >= 15 is 0 Å². The first-order valence-corrected chi connectivity index (χ1v) is 8.35. The smallest absolute Gasteiger partial charge is 0.273 e. The van der Waals surface area contributed by atoms with Crippen molar-refractivity contribution in [2.75, 3.05) is 14.2 Å². The third-order valence-electron chi connectivity index (χ3n) is 3.52. The molecule has 0 saturated carbocycles. The Morgan fingerprint density at radius 2 is 1.85 bits per heavy atom. The zero-order valence-corrected chi connectivity index (χ0v) is 15.6. The first kappa shape index (κ1) is 19.7. The van der Waals surface area contributed by atoms with Crippen LogP contribution in [0.25, 0.3) is 0 Å². The van der Waals surface area contributed by atoms with Crippen molar-refractivity contribution in [1.82, 2.24) is 5.32 Å². The number of amides is 1. The van der Waals surface area contributed by atoms with E-state index < -0.39 is 0 Å². The highest BCUT2D eigenvalue weighted by Crippen LogP contribution is 2.11. The van der Waals surface area contributed by atoms with Gasteiger partial charge in [-0.25, -0.2) is 0 Å². The number of likely N-dealkylation sites (N-methyl/N-ethyl adjacent to an activating group) is 1. The molecule has 2 aromatic carbocycles. The van der Waals surface area contributed by atoms with Crippen LogP contribution >= 0.6 is 0 Å². The van der Waals surface area contributed by atoms with Crippen LogP contribution in [0.15, 0.2) is 59.8 Å². The summed E-state index contributed by atoms with van der Waals surface area (Å²) in [5.74, 6) is 5.70. The van der Waals surface area contributed by atoms with Crippen LogP contribution in [-0.2, 0) is 21.1 Å². The Bertz CT molecular complexity index is 894. The predicted molar refractivity (Wildman–Crippen MR) is 104 cm³/mol. The summed E-state index contributed by atoms with van der Waals surface area (Å²) in [4.78, 5) is 22.4. The molecule has 2 N–H and O–H groups in total. The van der Waals surface area contributed by atoms with E-state index in [1.165, 1.54) is 14.2 Å². The van der Waals surface area contributed by atoms with E-state index in [0.29, 0.717) is 11.3 Å². The molecule has 0 aliphatic rings. The molecule has 2 rings (SSSR count). The minimum Gasteiger partial charge on any atom is -0.398 e. The van der Waals surface area contributed by atoms with Crippen molar-refractivity contribution in [1.29, 1.82) is 0 Å². The first-order valence-electron chi connectivity index (χ1n) is 8.35. The Balaban J connectivity index is 2.11. The number of hydrogen-bond acceptors (Lipinski definition) is 4. The van der Waals surface area contributed by atoms with Crippen molar-refractivity contribution in [3.05, 3.63) is 71.3 Å². The number of nitrogens with zero attached hydrogens (tertiary/aromatic N) is 1. The monoisotopic (exact) mass is 364 g/mol. The van der Waals surface area contributed by atoms with Crippen LogP contribution in [0.1, 0.15) is 23.6 Å². The second-order valence-corrected chi connectivity index (χ2v) is 5.49. The minimum absolute atomic E-state index is 0.184. The summed E-state index contributed by atoms with van der Waals surface area (Å²) in [7, 11) is 2.94. The van der Waals surface area contributed by atoms with Gasteiger partial charge in [0.25, 0.3) is 11.6 Å². The van der Waals surface area contributed by atoms with Gasteiger partial charge in [-0.15, -0.1) is 0 Å². The van der Waals surface area contributed by atoms with Gasteiger partial charge in [0.15, 0.2) is 12.3 Å². The number of benzene rings is 2. The number of oxime groups is 1. The Kier molecular flexibility index (Phi) is 7.61. The average Bonchev–Trinajstić information content (AvgIpc) is 2.71. The Morgan fingerprint density at radius 1 is 1.15 bits per heavy atom. The molecule has 0 aliphatic heterocycles. The van der Waals surface area contributed by atoms with Crippen molar-refractivity contribution in [2.45, 2.75) is 13.5 Å². The molecule has 138 valence electrons. The van der Waals surface area contributed by atoms with E-state index in [1.54, 1.807) is 6.07 Å². The first-order chi connectivity index (χ1) is 13.2. The van der Waals surface area contributed by atoms with Crippen LogP contribution < -0.4 is 10.5 Å². The maximum atomic E-state index is 12.1. The predicted octanol–water partition coefficient (Wildman–Crippen LogP) is 0.808. The van der Waals surface area contributed by atoms with Gasteiger partial charge < -0.3 is 10.2 Å². The van der Waals surface area contributed by atoms with Crippen molar-refractivity contribution in [3.8, 4) is 11.8 Å². The lowest BCUT2D eigenvalue weighted by Gasteiger charge is -2.08. The maximum Gasteiger partial charge on any atom is 0.273 e. The van der Waals surface area contributed by atoms with Gasteiger partial charge in [-0.3, -0.25) is 9.63 Å². The van der Waals surface area contributed by atoms with Gasteiger partial charge >= 0.3 is 0 Å². The molecule has 6 nitrogen and oxygen atoms in total. The number of carbonyl (C=O) groups excluding carboxylic acids is 1. The standard InChI is InChI=1S/C21H21N3O3/c1-16(13-14-17-9-5-4-6-10-17)23-27-15-18-11-7-8-12-19(18)20(24-26-3)21(25)22-2/h4-12H,15H2,1-3H3,(H,22,25)/p+1/b23-16+,24-20+. The van der Waals surface area contributed by atoms with Crippen molar-refractivity contribution < 1.29 is 19.6 Å². The third-order valence-corrected chi connectivity index (χ3v) is 3.52. The van der Waals surface area contributed by atoms with Crippen LogP contribution in [0.4, 0.5) is 0 Å². The number of nitrogens with one attached hydrogen (secondary N) is 2. The van der Waals surface area contributed by atoms with E-state index in [4.69, 9.17) is 9.68 Å². The molecule has 6 heteroatoms. The van der Waals surface area contributed by atoms with E-state index in [2.05, 4.69) is 27.5 Å². The van der Waals surface area contributed by atoms with Gasteiger partial charge in [0.05, 0.1) is 0 Å². The molecule has 1 amide bonds. The average molecular weight is 364 g/mol. The van der Waals surface area contributed by atoms with Gasteiger partial charge in [0, 0.05) is 36.6 Å². The minimum atomic E-state index is -0.339. The normalized spacial score (nSPS) is 11.2. The molecule has 0 atom stereocenters. The Labute approximate surface area is 158 Å². The number of hydrogen-bond donors (Lipinski definition) is 2. The lowest BCUT2D eigenvalue weighted by Crippen LogP contribution is -2.70. The summed E-state index contributed by atoms with van der Waals surface area (Å²) in [5, 5.41) is 9.20. The third kappa shape index (κ3) is 6.01. The quantitative estimate of drug-likeness (QED) is 0.453. The van der Waals surface area contributed by atoms with Gasteiger partial charge in [-0.05, 0) is 17.3 Å². The number of carbonyl (C=O) groups is 1. The fourth-order valence-electron chi connectivity index (χ4n) is 2.23. The van der Waals surface area contributed by atoms with E-state index in [0.717, 1.165) is 11.1 Å². The van der Waals surface area contributed by atoms with E-state index in [9.17, 15) is 4.79 Å². The summed E-state index contributed by atoms with van der Waals surface area (Å²) in [6, 6.07) is 17.0. The van der Waals surface area contributed by atoms with Crippen molar-refractivity contribution >= 4 is 17.3 Å². The fourth-order valence-corrected chi connectivity index (χ4v) is 2.23. The molecule has 0 spiro atoms. The molecule has 0 heterocycles. The zero-order chi connectivity index (χ0) is 19.5. The zero-order valence-electron chi connectivity index (χ0n) is 15.6. The summed E-state index contributed by atoms with van der Waals surface area (Å²) in [6.45, 7) is 2.05. The van der Waals surface area contributed by atoms with Gasteiger partial charge in [-0.2, -0.15) is 0 Å². The van der Waals surface area contributed by atoms with E-state index in [-0.39, 0.29) is 18.2 Å². The second-order valence-electron chi connectivity index (χ2n) is 5.49. The topological polar surface area (TPSA) is 73.9 Å². The molecular formula is C21H22N3O3+. The molecule has 0 radical (unpaired) electrons. The summed E-state index contributed by atoms with van der Waals surface area (Å²) >= 11 is 0. The van der Waals surface area contributed by atoms with Gasteiger partial charge in [0.2, 0.25) is 0 Å². The van der Waals surface area contributed by atoms with Crippen LogP contribution in [0.2, 0.25) is 0 Å². The fraction of sp³-hybridized carbons (Fsp3) is 0.190. The molecule has 0 saturated heterocycles.